The molecular weight excluding hydrogens is 377 g/mol. The van der Waals surface area contributed by atoms with Crippen molar-refractivity contribution in [1.29, 1.82) is 0 Å². The highest BCUT2D eigenvalue weighted by atomic mass is 127. The lowest BCUT2D eigenvalue weighted by Crippen LogP contribution is -2.14. The Hall–Kier alpha value is -1.41. The number of carbonyl (C=O) groups is 2. The standard InChI is InChI=1S/C13H10INO3S/c1-18-13(17)9-6-7-19-12(9)15-11(16)8-4-2-3-5-10(8)14/h2-7H,1H3,(H,15,16). The second-order valence-corrected chi connectivity index (χ2v) is 5.67. The van der Waals surface area contributed by atoms with Gasteiger partial charge in [-0.15, -0.1) is 11.3 Å². The fraction of sp³-hybridized carbons (Fsp3) is 0.0769. The van der Waals surface area contributed by atoms with Gasteiger partial charge in [0.25, 0.3) is 5.91 Å². The van der Waals surface area contributed by atoms with Crippen LogP contribution >= 0.6 is 33.9 Å². The molecule has 0 bridgehead atoms. The number of benzene rings is 1. The largest absolute Gasteiger partial charge is 0.465 e. The zero-order valence-corrected chi connectivity index (χ0v) is 12.9. The highest BCUT2D eigenvalue weighted by Gasteiger charge is 2.17. The van der Waals surface area contributed by atoms with Gasteiger partial charge in [-0.1, -0.05) is 12.1 Å². The van der Waals surface area contributed by atoms with Crippen LogP contribution in [0.4, 0.5) is 5.00 Å². The lowest BCUT2D eigenvalue weighted by Gasteiger charge is -2.06. The van der Waals surface area contributed by atoms with Crippen molar-refractivity contribution in [3.05, 3.63) is 50.4 Å². The highest BCUT2D eigenvalue weighted by molar-refractivity contribution is 14.1. The molecule has 6 heteroatoms. The van der Waals surface area contributed by atoms with Crippen LogP contribution in [0.25, 0.3) is 0 Å². The summed E-state index contributed by atoms with van der Waals surface area (Å²) in [5, 5.41) is 4.97. The second-order valence-electron chi connectivity index (χ2n) is 3.59. The number of ether oxygens (including phenoxy) is 1. The average molecular weight is 387 g/mol. The van der Waals surface area contributed by atoms with Gasteiger partial charge in [0.2, 0.25) is 0 Å². The number of thiophene rings is 1. The van der Waals surface area contributed by atoms with Crippen LogP contribution in [0.1, 0.15) is 20.7 Å². The molecule has 1 heterocycles. The van der Waals surface area contributed by atoms with Crippen molar-refractivity contribution in [3.8, 4) is 0 Å². The number of hydrogen-bond acceptors (Lipinski definition) is 4. The predicted molar refractivity (Wildman–Crippen MR) is 82.8 cm³/mol. The van der Waals surface area contributed by atoms with Crippen molar-refractivity contribution < 1.29 is 14.3 Å². The average Bonchev–Trinajstić information content (AvgIpc) is 2.86. The Morgan fingerprint density at radius 1 is 1.21 bits per heavy atom. The van der Waals surface area contributed by atoms with Gasteiger partial charge in [0, 0.05) is 3.57 Å². The molecule has 0 saturated carbocycles. The van der Waals surface area contributed by atoms with Crippen LogP contribution in [-0.4, -0.2) is 19.0 Å². The number of carbonyl (C=O) groups excluding carboxylic acids is 2. The topological polar surface area (TPSA) is 55.4 Å². The van der Waals surface area contributed by atoms with Gasteiger partial charge in [-0.2, -0.15) is 0 Å². The van der Waals surface area contributed by atoms with E-state index in [1.807, 2.05) is 12.1 Å². The molecular formula is C13H10INO3S. The lowest BCUT2D eigenvalue weighted by molar-refractivity contribution is 0.0602. The molecule has 0 aliphatic carbocycles. The molecule has 0 atom stereocenters. The first-order valence-electron chi connectivity index (χ1n) is 5.35. The zero-order chi connectivity index (χ0) is 13.8. The second kappa shape index (κ2) is 6.16. The van der Waals surface area contributed by atoms with E-state index in [-0.39, 0.29) is 5.91 Å². The molecule has 0 saturated heterocycles. The van der Waals surface area contributed by atoms with Gasteiger partial charge in [-0.25, -0.2) is 4.79 Å². The Labute approximate surface area is 127 Å². The first-order chi connectivity index (χ1) is 9.13. The quantitative estimate of drug-likeness (QED) is 0.649. The van der Waals surface area contributed by atoms with E-state index < -0.39 is 5.97 Å². The molecule has 1 aromatic heterocycles. The van der Waals surface area contributed by atoms with Gasteiger partial charge in [0.05, 0.1) is 18.2 Å². The monoisotopic (exact) mass is 387 g/mol. The Balaban J connectivity index is 2.23. The van der Waals surface area contributed by atoms with Crippen LogP contribution in [0, 0.1) is 3.57 Å². The molecule has 2 rings (SSSR count). The van der Waals surface area contributed by atoms with Crippen LogP contribution in [0.5, 0.6) is 0 Å². The fourth-order valence-electron chi connectivity index (χ4n) is 1.49. The summed E-state index contributed by atoms with van der Waals surface area (Å²) in [6.45, 7) is 0. The molecule has 0 aliphatic heterocycles. The number of nitrogens with one attached hydrogen (secondary N) is 1. The van der Waals surface area contributed by atoms with Gasteiger partial charge >= 0.3 is 5.97 Å². The number of rotatable bonds is 3. The normalized spacial score (nSPS) is 10.0. The maximum absolute atomic E-state index is 12.1. The summed E-state index contributed by atoms with van der Waals surface area (Å²) >= 11 is 3.38. The minimum atomic E-state index is -0.459. The van der Waals surface area contributed by atoms with E-state index >= 15 is 0 Å². The van der Waals surface area contributed by atoms with E-state index in [1.165, 1.54) is 18.4 Å². The van der Waals surface area contributed by atoms with Crippen molar-refractivity contribution in [1.82, 2.24) is 0 Å². The molecule has 4 nitrogen and oxygen atoms in total. The number of anilines is 1. The molecule has 0 unspecified atom stereocenters. The summed E-state index contributed by atoms with van der Waals surface area (Å²) in [4.78, 5) is 23.6. The molecule has 0 fully saturated rings. The number of hydrogen-bond donors (Lipinski definition) is 1. The molecule has 1 N–H and O–H groups in total. The molecule has 0 radical (unpaired) electrons. The summed E-state index contributed by atoms with van der Waals surface area (Å²) in [5.74, 6) is -0.697. The molecule has 2 aromatic rings. The lowest BCUT2D eigenvalue weighted by atomic mass is 10.2. The van der Waals surface area contributed by atoms with Gasteiger partial charge in [-0.05, 0) is 46.2 Å². The summed E-state index contributed by atoms with van der Waals surface area (Å²) in [7, 11) is 1.31. The van der Waals surface area contributed by atoms with Crippen LogP contribution in [0.3, 0.4) is 0 Å². The van der Waals surface area contributed by atoms with E-state index in [4.69, 9.17) is 0 Å². The van der Waals surface area contributed by atoms with Crippen molar-refractivity contribution in [2.45, 2.75) is 0 Å². The summed E-state index contributed by atoms with van der Waals surface area (Å²) < 4.78 is 5.52. The van der Waals surface area contributed by atoms with E-state index in [1.54, 1.807) is 23.6 Å². The van der Waals surface area contributed by atoms with Gasteiger partial charge in [0.1, 0.15) is 5.00 Å². The fourth-order valence-corrected chi connectivity index (χ4v) is 2.90. The van der Waals surface area contributed by atoms with Crippen molar-refractivity contribution in [2.24, 2.45) is 0 Å². The maximum atomic E-state index is 12.1. The summed E-state index contributed by atoms with van der Waals surface area (Å²) in [6, 6.07) is 8.88. The third-order valence-corrected chi connectivity index (χ3v) is 4.19. The Bertz CT molecular complexity index is 624. The smallest absolute Gasteiger partial charge is 0.340 e. The number of methoxy groups -OCH3 is 1. The van der Waals surface area contributed by atoms with Crippen molar-refractivity contribution in [2.75, 3.05) is 12.4 Å². The van der Waals surface area contributed by atoms with E-state index in [0.29, 0.717) is 16.1 Å². The SMILES string of the molecule is COC(=O)c1ccsc1NC(=O)c1ccccc1I. The summed E-state index contributed by atoms with van der Waals surface area (Å²) in [5.41, 5.74) is 0.944. The van der Waals surface area contributed by atoms with Crippen LogP contribution in [0.2, 0.25) is 0 Å². The van der Waals surface area contributed by atoms with Gasteiger partial charge < -0.3 is 10.1 Å². The van der Waals surface area contributed by atoms with Crippen molar-refractivity contribution >= 4 is 50.8 Å². The van der Waals surface area contributed by atoms with Crippen LogP contribution in [0.15, 0.2) is 35.7 Å². The minimum Gasteiger partial charge on any atom is -0.465 e. The van der Waals surface area contributed by atoms with Crippen LogP contribution < -0.4 is 5.32 Å². The Morgan fingerprint density at radius 3 is 2.63 bits per heavy atom. The van der Waals surface area contributed by atoms with E-state index in [9.17, 15) is 9.59 Å². The van der Waals surface area contributed by atoms with E-state index in [2.05, 4.69) is 32.6 Å². The maximum Gasteiger partial charge on any atom is 0.340 e. The molecule has 1 amide bonds. The van der Waals surface area contributed by atoms with Crippen LogP contribution in [-0.2, 0) is 4.74 Å². The van der Waals surface area contributed by atoms with E-state index in [0.717, 1.165) is 3.57 Å². The number of halogens is 1. The zero-order valence-electron chi connectivity index (χ0n) is 9.98. The number of esters is 1. The third kappa shape index (κ3) is 3.13. The molecule has 1 aromatic carbocycles. The summed E-state index contributed by atoms with van der Waals surface area (Å²) in [6.07, 6.45) is 0. The molecule has 19 heavy (non-hydrogen) atoms. The first kappa shape index (κ1) is 14.0. The minimum absolute atomic E-state index is 0.238. The van der Waals surface area contributed by atoms with Gasteiger partial charge in [-0.3, -0.25) is 4.79 Å². The molecule has 0 aliphatic rings. The number of amides is 1. The molecule has 98 valence electrons. The molecule has 0 spiro atoms. The predicted octanol–water partition coefficient (Wildman–Crippen LogP) is 3.39. The van der Waals surface area contributed by atoms with Crippen molar-refractivity contribution in [3.63, 3.8) is 0 Å². The Kier molecular flexibility index (Phi) is 4.54. The first-order valence-corrected chi connectivity index (χ1v) is 7.31. The Morgan fingerprint density at radius 2 is 1.95 bits per heavy atom. The van der Waals surface area contributed by atoms with Gasteiger partial charge in [0.15, 0.2) is 0 Å². The third-order valence-electron chi connectivity index (χ3n) is 2.42. The highest BCUT2D eigenvalue weighted by Crippen LogP contribution is 2.25.